The summed E-state index contributed by atoms with van der Waals surface area (Å²) in [5.74, 6) is 0.658. The largest absolute Gasteiger partial charge is 0.506 e. The van der Waals surface area contributed by atoms with Gasteiger partial charge in [-0.3, -0.25) is 0 Å². The van der Waals surface area contributed by atoms with Gasteiger partial charge in [0, 0.05) is 11.1 Å². The van der Waals surface area contributed by atoms with Crippen LogP contribution < -0.4 is 0 Å². The second kappa shape index (κ2) is 8.56. The van der Waals surface area contributed by atoms with Crippen LogP contribution in [0.5, 0.6) is 11.5 Å². The minimum atomic E-state index is -0.200. The van der Waals surface area contributed by atoms with Crippen molar-refractivity contribution >= 4 is 11.8 Å². The Morgan fingerprint density at radius 2 is 0.727 bits per heavy atom. The van der Waals surface area contributed by atoms with Crippen LogP contribution in [0.4, 0.5) is 0 Å². The Morgan fingerprint density at radius 3 is 0.939 bits per heavy atom. The maximum Gasteiger partial charge on any atom is 0.133 e. The second-order valence-electron chi connectivity index (χ2n) is 13.7. The van der Waals surface area contributed by atoms with Crippen LogP contribution >= 0.6 is 11.8 Å². The number of hydrogen-bond acceptors (Lipinski definition) is 3. The van der Waals surface area contributed by atoms with E-state index < -0.39 is 0 Å². The van der Waals surface area contributed by atoms with Crippen LogP contribution in [-0.4, -0.2) is 10.2 Å². The van der Waals surface area contributed by atoms with Crippen molar-refractivity contribution in [1.29, 1.82) is 0 Å². The van der Waals surface area contributed by atoms with Gasteiger partial charge in [0.1, 0.15) is 11.5 Å². The first-order valence-electron chi connectivity index (χ1n) is 12.0. The first-order valence-corrected chi connectivity index (χ1v) is 12.8. The third kappa shape index (κ3) is 5.56. The summed E-state index contributed by atoms with van der Waals surface area (Å²) in [4.78, 5) is 1.69. The number of benzene rings is 2. The molecule has 2 N–H and O–H groups in total. The highest BCUT2D eigenvalue weighted by molar-refractivity contribution is 7.99. The second-order valence-corrected chi connectivity index (χ2v) is 14.7. The fourth-order valence-electron chi connectivity index (χ4n) is 4.54. The Kier molecular flexibility index (Phi) is 7.16. The molecule has 0 heterocycles. The standard InChI is InChI=1S/C30H46O2S/c1-17-19(27(3,4)5)15-21(29(9,10)11)23(31)25(17)33-26-18(2)20(28(6,7)8)16-22(24(26)32)30(12,13)14/h15-16,31-32H,1-14H3. The van der Waals surface area contributed by atoms with Gasteiger partial charge in [-0.15, -0.1) is 0 Å². The average Bonchev–Trinajstić information content (AvgIpc) is 2.56. The van der Waals surface area contributed by atoms with Gasteiger partial charge in [-0.05, 0) is 57.8 Å². The summed E-state index contributed by atoms with van der Waals surface area (Å²) in [5.41, 5.74) is 5.98. The van der Waals surface area contributed by atoms with Crippen LogP contribution in [0.2, 0.25) is 0 Å². The molecule has 0 unspecified atom stereocenters. The average molecular weight is 471 g/mol. The van der Waals surface area contributed by atoms with Crippen LogP contribution in [0.1, 0.15) is 116 Å². The van der Waals surface area contributed by atoms with Crippen molar-refractivity contribution in [1.82, 2.24) is 0 Å². The zero-order chi connectivity index (χ0) is 25.9. The molecular formula is C30H46O2S. The summed E-state index contributed by atoms with van der Waals surface area (Å²) in [6.45, 7) is 30.3. The van der Waals surface area contributed by atoms with E-state index in [-0.39, 0.29) is 21.7 Å². The molecule has 0 radical (unpaired) electrons. The van der Waals surface area contributed by atoms with Gasteiger partial charge in [-0.1, -0.05) is 107 Å². The number of rotatable bonds is 2. The fourth-order valence-corrected chi connectivity index (χ4v) is 5.68. The van der Waals surface area contributed by atoms with Gasteiger partial charge in [0.2, 0.25) is 0 Å². The Balaban J connectivity index is 2.96. The molecule has 0 aliphatic heterocycles. The summed E-state index contributed by atoms with van der Waals surface area (Å²) in [6.07, 6.45) is 0. The maximum atomic E-state index is 11.5. The SMILES string of the molecule is Cc1c(C(C)(C)C)cc(C(C)(C)C)c(O)c1Sc1c(C)c(C(C)(C)C)cc(C(C)(C)C)c1O. The van der Waals surface area contributed by atoms with Gasteiger partial charge >= 0.3 is 0 Å². The normalized spacial score (nSPS) is 13.5. The van der Waals surface area contributed by atoms with Crippen LogP contribution in [0.25, 0.3) is 0 Å². The number of hydrogen-bond donors (Lipinski definition) is 2. The molecule has 0 amide bonds. The molecule has 0 aromatic heterocycles. The molecule has 0 saturated heterocycles. The molecule has 0 atom stereocenters. The summed E-state index contributed by atoms with van der Waals surface area (Å²) < 4.78 is 0. The molecule has 2 aromatic carbocycles. The molecule has 0 aliphatic rings. The Hall–Kier alpha value is -1.61. The summed E-state index contributed by atoms with van der Waals surface area (Å²) in [7, 11) is 0. The molecule has 0 bridgehead atoms. The van der Waals surface area contributed by atoms with E-state index in [1.165, 1.54) is 22.9 Å². The topological polar surface area (TPSA) is 40.5 Å². The summed E-state index contributed by atoms with van der Waals surface area (Å²) >= 11 is 1.52. The van der Waals surface area contributed by atoms with Crippen LogP contribution in [0.3, 0.4) is 0 Å². The van der Waals surface area contributed by atoms with E-state index in [4.69, 9.17) is 0 Å². The summed E-state index contributed by atoms with van der Waals surface area (Å²) in [5, 5.41) is 23.0. The van der Waals surface area contributed by atoms with Crippen molar-refractivity contribution in [3.05, 3.63) is 45.5 Å². The highest BCUT2D eigenvalue weighted by Crippen LogP contribution is 2.51. The van der Waals surface area contributed by atoms with Gasteiger partial charge in [0.15, 0.2) is 0 Å². The smallest absolute Gasteiger partial charge is 0.133 e. The molecule has 2 rings (SSSR count). The molecule has 0 saturated carbocycles. The molecule has 2 aromatic rings. The van der Waals surface area contributed by atoms with Gasteiger partial charge in [-0.2, -0.15) is 0 Å². The molecule has 33 heavy (non-hydrogen) atoms. The van der Waals surface area contributed by atoms with E-state index in [9.17, 15) is 10.2 Å². The Labute approximate surface area is 207 Å². The summed E-state index contributed by atoms with van der Waals surface area (Å²) in [6, 6.07) is 4.35. The van der Waals surface area contributed by atoms with E-state index in [1.807, 2.05) is 0 Å². The quantitative estimate of drug-likeness (QED) is 0.460. The van der Waals surface area contributed by atoms with Gasteiger partial charge in [-0.25, -0.2) is 0 Å². The lowest BCUT2D eigenvalue weighted by atomic mass is 9.78. The van der Waals surface area contributed by atoms with E-state index >= 15 is 0 Å². The minimum absolute atomic E-state index is 0.0615. The molecule has 0 aliphatic carbocycles. The van der Waals surface area contributed by atoms with E-state index in [0.717, 1.165) is 32.0 Å². The Morgan fingerprint density at radius 1 is 0.485 bits per heavy atom. The fraction of sp³-hybridized carbons (Fsp3) is 0.600. The lowest BCUT2D eigenvalue weighted by molar-refractivity contribution is 0.428. The van der Waals surface area contributed by atoms with Gasteiger partial charge in [0.05, 0.1) is 9.79 Å². The zero-order valence-electron chi connectivity index (χ0n) is 23.5. The predicted octanol–water partition coefficient (Wildman–Crippen LogP) is 9.06. The van der Waals surface area contributed by atoms with E-state index in [0.29, 0.717) is 11.5 Å². The number of aromatic hydroxyl groups is 2. The first-order chi connectivity index (χ1) is 14.6. The van der Waals surface area contributed by atoms with E-state index in [2.05, 4.69) is 109 Å². The van der Waals surface area contributed by atoms with Crippen molar-refractivity contribution in [2.75, 3.05) is 0 Å². The van der Waals surface area contributed by atoms with Crippen molar-refractivity contribution in [3.8, 4) is 11.5 Å². The predicted molar refractivity (Wildman–Crippen MR) is 145 cm³/mol. The number of phenolic OH excluding ortho intramolecular Hbond substituents is 2. The Bertz CT molecular complexity index is 888. The van der Waals surface area contributed by atoms with Crippen molar-refractivity contribution < 1.29 is 10.2 Å². The van der Waals surface area contributed by atoms with Crippen molar-refractivity contribution in [3.63, 3.8) is 0 Å². The third-order valence-corrected chi connectivity index (χ3v) is 7.85. The highest BCUT2D eigenvalue weighted by Gasteiger charge is 2.31. The molecule has 3 heteroatoms. The van der Waals surface area contributed by atoms with Crippen molar-refractivity contribution in [2.45, 2.75) is 128 Å². The van der Waals surface area contributed by atoms with Crippen LogP contribution in [-0.2, 0) is 21.7 Å². The molecule has 0 spiro atoms. The maximum absolute atomic E-state index is 11.5. The van der Waals surface area contributed by atoms with Crippen LogP contribution in [0, 0.1) is 13.8 Å². The molecule has 184 valence electrons. The van der Waals surface area contributed by atoms with Crippen LogP contribution in [0.15, 0.2) is 21.9 Å². The lowest BCUT2D eigenvalue weighted by Gasteiger charge is -2.31. The zero-order valence-corrected chi connectivity index (χ0v) is 24.3. The number of phenols is 2. The molecular weight excluding hydrogens is 424 g/mol. The van der Waals surface area contributed by atoms with Gasteiger partial charge < -0.3 is 10.2 Å². The molecule has 0 fully saturated rings. The monoisotopic (exact) mass is 470 g/mol. The van der Waals surface area contributed by atoms with Gasteiger partial charge in [0.25, 0.3) is 0 Å². The highest BCUT2D eigenvalue weighted by atomic mass is 32.2. The third-order valence-electron chi connectivity index (χ3n) is 6.44. The van der Waals surface area contributed by atoms with E-state index in [1.54, 1.807) is 0 Å². The lowest BCUT2D eigenvalue weighted by Crippen LogP contribution is -2.19. The van der Waals surface area contributed by atoms with Crippen molar-refractivity contribution in [2.24, 2.45) is 0 Å². The minimum Gasteiger partial charge on any atom is -0.506 e. The molecule has 2 nitrogen and oxygen atoms in total. The first kappa shape index (κ1) is 27.6.